The zero-order valence-electron chi connectivity index (χ0n) is 16.6. The van der Waals surface area contributed by atoms with Gasteiger partial charge in [-0.15, -0.1) is 24.8 Å². The van der Waals surface area contributed by atoms with Crippen molar-refractivity contribution in [2.24, 2.45) is 11.8 Å². The number of aryl methyl sites for hydroxylation is 1. The Labute approximate surface area is 180 Å². The molecule has 0 unspecified atom stereocenters. The molecule has 2 aliphatic carbocycles. The van der Waals surface area contributed by atoms with Crippen molar-refractivity contribution < 1.29 is 4.79 Å². The first-order valence-electron chi connectivity index (χ1n) is 10.3. The summed E-state index contributed by atoms with van der Waals surface area (Å²) in [6.45, 7) is 4.89. The predicted octanol–water partition coefficient (Wildman–Crippen LogP) is 3.20. The fraction of sp³-hybridized carbons (Fsp3) is 0.750. The Kier molecular flexibility index (Phi) is 8.78. The standard InChI is InChI=1S/C20H31N5O.2ClH/c1-14-21-10-8-19(22-14)24-18-13-25(12-17(18)15-6-7-15)11-9-20(26)23-16-4-2-3-5-16;;/h8,10,15-18H,2-7,9,11-13H2,1H3,(H,23,26)(H,21,22,24);2*1H/t17-,18+;;/m1../s1. The van der Waals surface area contributed by atoms with Gasteiger partial charge in [0.1, 0.15) is 11.6 Å². The minimum absolute atomic E-state index is 0. The van der Waals surface area contributed by atoms with Crippen molar-refractivity contribution in [3.05, 3.63) is 18.1 Å². The molecule has 2 heterocycles. The van der Waals surface area contributed by atoms with E-state index in [0.29, 0.717) is 24.4 Å². The second-order valence-corrected chi connectivity index (χ2v) is 8.30. The largest absolute Gasteiger partial charge is 0.366 e. The topological polar surface area (TPSA) is 70.2 Å². The van der Waals surface area contributed by atoms with Gasteiger partial charge in [0.15, 0.2) is 0 Å². The van der Waals surface area contributed by atoms with Crippen molar-refractivity contribution in [1.82, 2.24) is 20.2 Å². The second-order valence-electron chi connectivity index (χ2n) is 8.30. The number of aromatic nitrogens is 2. The van der Waals surface area contributed by atoms with Gasteiger partial charge in [0, 0.05) is 44.3 Å². The minimum Gasteiger partial charge on any atom is -0.366 e. The normalized spacial score (nSPS) is 25.0. The Hall–Kier alpha value is -1.11. The van der Waals surface area contributed by atoms with E-state index < -0.39 is 0 Å². The van der Waals surface area contributed by atoms with Gasteiger partial charge >= 0.3 is 0 Å². The molecule has 28 heavy (non-hydrogen) atoms. The van der Waals surface area contributed by atoms with E-state index >= 15 is 0 Å². The lowest BCUT2D eigenvalue weighted by Crippen LogP contribution is -2.35. The van der Waals surface area contributed by atoms with Crippen molar-refractivity contribution in [3.63, 3.8) is 0 Å². The Morgan fingerprint density at radius 1 is 1.18 bits per heavy atom. The van der Waals surface area contributed by atoms with Gasteiger partial charge < -0.3 is 15.5 Å². The van der Waals surface area contributed by atoms with Crippen molar-refractivity contribution in [1.29, 1.82) is 0 Å². The molecule has 0 radical (unpaired) electrons. The summed E-state index contributed by atoms with van der Waals surface area (Å²) in [6, 6.07) is 2.81. The SMILES string of the molecule is Cc1nccc(N[C@H]2CN(CCC(=O)NC3CCCC3)C[C@@H]2C2CC2)n1.Cl.Cl. The molecule has 1 saturated heterocycles. The quantitative estimate of drug-likeness (QED) is 0.695. The fourth-order valence-corrected chi connectivity index (χ4v) is 4.61. The molecule has 0 aromatic carbocycles. The van der Waals surface area contributed by atoms with Crippen LogP contribution in [0.2, 0.25) is 0 Å². The van der Waals surface area contributed by atoms with E-state index in [4.69, 9.17) is 0 Å². The third kappa shape index (κ3) is 6.19. The summed E-state index contributed by atoms with van der Waals surface area (Å²) in [4.78, 5) is 23.4. The smallest absolute Gasteiger partial charge is 0.221 e. The Bertz CT molecular complexity index is 637. The molecule has 0 spiro atoms. The van der Waals surface area contributed by atoms with Crippen molar-refractivity contribution >= 4 is 36.5 Å². The maximum Gasteiger partial charge on any atom is 0.221 e. The van der Waals surface area contributed by atoms with E-state index in [9.17, 15) is 4.79 Å². The molecule has 3 fully saturated rings. The zero-order chi connectivity index (χ0) is 17.9. The average Bonchev–Trinajstić information content (AvgIpc) is 3.18. The predicted molar refractivity (Wildman–Crippen MR) is 116 cm³/mol. The number of halogens is 2. The monoisotopic (exact) mass is 429 g/mol. The summed E-state index contributed by atoms with van der Waals surface area (Å²) in [6.07, 6.45) is 9.96. The Balaban J connectivity index is 0.00000140. The molecule has 2 atom stereocenters. The average molecular weight is 430 g/mol. The molecule has 158 valence electrons. The molecule has 1 aliphatic heterocycles. The number of nitrogens with one attached hydrogen (secondary N) is 2. The first-order chi connectivity index (χ1) is 12.7. The number of anilines is 1. The lowest BCUT2D eigenvalue weighted by molar-refractivity contribution is -0.122. The summed E-state index contributed by atoms with van der Waals surface area (Å²) in [7, 11) is 0. The molecule has 2 saturated carbocycles. The summed E-state index contributed by atoms with van der Waals surface area (Å²) in [5.74, 6) is 3.46. The third-order valence-electron chi connectivity index (χ3n) is 6.15. The highest BCUT2D eigenvalue weighted by atomic mass is 35.5. The highest BCUT2D eigenvalue weighted by Gasteiger charge is 2.42. The fourth-order valence-electron chi connectivity index (χ4n) is 4.61. The zero-order valence-corrected chi connectivity index (χ0v) is 18.2. The van der Waals surface area contributed by atoms with E-state index in [2.05, 4.69) is 25.5 Å². The minimum atomic E-state index is 0. The second kappa shape index (κ2) is 10.6. The highest BCUT2D eigenvalue weighted by molar-refractivity contribution is 5.85. The highest BCUT2D eigenvalue weighted by Crippen LogP contribution is 2.42. The molecule has 1 amide bonds. The maximum atomic E-state index is 12.2. The van der Waals surface area contributed by atoms with Crippen LogP contribution in [0.5, 0.6) is 0 Å². The molecular weight excluding hydrogens is 397 g/mol. The van der Waals surface area contributed by atoms with Crippen LogP contribution in [-0.4, -0.2) is 52.5 Å². The van der Waals surface area contributed by atoms with Crippen LogP contribution in [0, 0.1) is 18.8 Å². The summed E-state index contributed by atoms with van der Waals surface area (Å²) < 4.78 is 0. The lowest BCUT2D eigenvalue weighted by atomic mass is 9.98. The van der Waals surface area contributed by atoms with Crippen LogP contribution in [0.4, 0.5) is 5.82 Å². The number of hydrogen-bond donors (Lipinski definition) is 2. The molecule has 3 aliphatic rings. The van der Waals surface area contributed by atoms with Gasteiger partial charge in [0.2, 0.25) is 5.91 Å². The number of carbonyl (C=O) groups is 1. The number of hydrogen-bond acceptors (Lipinski definition) is 5. The van der Waals surface area contributed by atoms with Crippen molar-refractivity contribution in [3.8, 4) is 0 Å². The number of likely N-dealkylation sites (tertiary alicyclic amines) is 1. The van der Waals surface area contributed by atoms with Gasteiger partial charge in [-0.1, -0.05) is 12.8 Å². The van der Waals surface area contributed by atoms with Gasteiger partial charge in [-0.2, -0.15) is 0 Å². The molecule has 1 aromatic rings. The van der Waals surface area contributed by atoms with Gasteiger partial charge in [-0.3, -0.25) is 4.79 Å². The van der Waals surface area contributed by atoms with E-state index in [1.54, 1.807) is 0 Å². The van der Waals surface area contributed by atoms with Crippen LogP contribution >= 0.6 is 24.8 Å². The van der Waals surface area contributed by atoms with E-state index in [1.807, 2.05) is 19.2 Å². The molecule has 6 nitrogen and oxygen atoms in total. The number of amides is 1. The first-order valence-corrected chi connectivity index (χ1v) is 10.3. The number of nitrogens with zero attached hydrogens (tertiary/aromatic N) is 3. The summed E-state index contributed by atoms with van der Waals surface area (Å²) in [5.41, 5.74) is 0. The van der Waals surface area contributed by atoms with E-state index in [1.165, 1.54) is 25.7 Å². The molecule has 8 heteroatoms. The van der Waals surface area contributed by atoms with Crippen LogP contribution in [0.15, 0.2) is 12.3 Å². The number of carbonyl (C=O) groups excluding carboxylic acids is 1. The van der Waals surface area contributed by atoms with Crippen molar-refractivity contribution in [2.45, 2.75) is 64.0 Å². The Morgan fingerprint density at radius 3 is 2.61 bits per heavy atom. The van der Waals surface area contributed by atoms with Gasteiger partial charge in [0.05, 0.1) is 0 Å². The molecule has 1 aromatic heterocycles. The van der Waals surface area contributed by atoms with Gasteiger partial charge in [0.25, 0.3) is 0 Å². The molecule has 4 rings (SSSR count). The van der Waals surface area contributed by atoms with Crippen LogP contribution in [0.25, 0.3) is 0 Å². The van der Waals surface area contributed by atoms with E-state index in [-0.39, 0.29) is 30.7 Å². The first kappa shape index (κ1) is 23.2. The lowest BCUT2D eigenvalue weighted by Gasteiger charge is -2.20. The maximum absolute atomic E-state index is 12.2. The van der Waals surface area contributed by atoms with Gasteiger partial charge in [-0.05, 0) is 50.5 Å². The summed E-state index contributed by atoms with van der Waals surface area (Å²) >= 11 is 0. The van der Waals surface area contributed by atoms with Crippen LogP contribution < -0.4 is 10.6 Å². The Morgan fingerprint density at radius 2 is 1.93 bits per heavy atom. The molecular formula is C20H33Cl2N5O. The van der Waals surface area contributed by atoms with Crippen LogP contribution in [0.3, 0.4) is 0 Å². The summed E-state index contributed by atoms with van der Waals surface area (Å²) in [5, 5.41) is 6.84. The number of rotatable bonds is 7. The van der Waals surface area contributed by atoms with Crippen LogP contribution in [0.1, 0.15) is 50.8 Å². The molecule has 0 bridgehead atoms. The van der Waals surface area contributed by atoms with Gasteiger partial charge in [-0.25, -0.2) is 9.97 Å². The van der Waals surface area contributed by atoms with E-state index in [0.717, 1.165) is 50.0 Å². The molecule has 2 N–H and O–H groups in total. The van der Waals surface area contributed by atoms with Crippen LogP contribution in [-0.2, 0) is 4.79 Å². The third-order valence-corrected chi connectivity index (χ3v) is 6.15. The van der Waals surface area contributed by atoms with Crippen molar-refractivity contribution in [2.75, 3.05) is 25.0 Å².